The fourth-order valence-corrected chi connectivity index (χ4v) is 4.45. The predicted molar refractivity (Wildman–Crippen MR) is 131 cm³/mol. The van der Waals surface area contributed by atoms with Crippen molar-refractivity contribution < 1.29 is 4.74 Å². The van der Waals surface area contributed by atoms with Crippen molar-refractivity contribution in [1.82, 2.24) is 14.5 Å². The number of fused-ring (bicyclic) bond motifs is 1. The van der Waals surface area contributed by atoms with Crippen molar-refractivity contribution in [2.24, 2.45) is 7.05 Å². The summed E-state index contributed by atoms with van der Waals surface area (Å²) in [5, 5.41) is 0. The fourth-order valence-electron chi connectivity index (χ4n) is 4.45. The van der Waals surface area contributed by atoms with Crippen LogP contribution in [0.15, 0.2) is 78.9 Å². The first-order valence-electron chi connectivity index (χ1n) is 11.4. The van der Waals surface area contributed by atoms with E-state index in [1.807, 2.05) is 24.3 Å². The largest absolute Gasteiger partial charge is 0.494 e. The Balaban J connectivity index is 1.08. The van der Waals surface area contributed by atoms with Crippen LogP contribution in [0.25, 0.3) is 22.4 Å². The van der Waals surface area contributed by atoms with Gasteiger partial charge in [0.2, 0.25) is 0 Å². The Morgan fingerprint density at radius 3 is 2.28 bits per heavy atom. The molecule has 5 heteroatoms. The first-order valence-corrected chi connectivity index (χ1v) is 11.4. The molecule has 0 atom stereocenters. The van der Waals surface area contributed by atoms with E-state index in [9.17, 15) is 0 Å². The van der Waals surface area contributed by atoms with E-state index in [2.05, 4.69) is 76.0 Å². The van der Waals surface area contributed by atoms with Crippen LogP contribution in [-0.2, 0) is 7.05 Å². The summed E-state index contributed by atoms with van der Waals surface area (Å²) in [5.41, 5.74) is 4.60. The van der Waals surface area contributed by atoms with Gasteiger partial charge in [-0.25, -0.2) is 4.98 Å². The number of piperazine rings is 1. The molecule has 4 aromatic rings. The Hall–Kier alpha value is -3.31. The summed E-state index contributed by atoms with van der Waals surface area (Å²) in [4.78, 5) is 9.79. The van der Waals surface area contributed by atoms with Crippen LogP contribution in [0.1, 0.15) is 6.42 Å². The fraction of sp³-hybridized carbons (Fsp3) is 0.296. The summed E-state index contributed by atoms with van der Waals surface area (Å²) in [5.74, 6) is 1.90. The smallest absolute Gasteiger partial charge is 0.140 e. The highest BCUT2D eigenvalue weighted by molar-refractivity contribution is 5.80. The van der Waals surface area contributed by atoms with Crippen molar-refractivity contribution in [2.75, 3.05) is 44.2 Å². The van der Waals surface area contributed by atoms with Crippen LogP contribution < -0.4 is 9.64 Å². The quantitative estimate of drug-likeness (QED) is 0.396. The van der Waals surface area contributed by atoms with E-state index in [4.69, 9.17) is 9.72 Å². The molecule has 1 aliphatic rings. The highest BCUT2D eigenvalue weighted by atomic mass is 16.5. The van der Waals surface area contributed by atoms with Crippen LogP contribution in [0, 0.1) is 0 Å². The Bertz CT molecular complexity index is 1150. The van der Waals surface area contributed by atoms with Gasteiger partial charge in [-0.15, -0.1) is 0 Å². The third kappa shape index (κ3) is 4.48. The molecule has 1 aliphatic heterocycles. The minimum Gasteiger partial charge on any atom is -0.494 e. The maximum absolute atomic E-state index is 6.00. The molecule has 0 spiro atoms. The molecule has 164 valence electrons. The highest BCUT2D eigenvalue weighted by Crippen LogP contribution is 2.25. The number of benzene rings is 3. The summed E-state index contributed by atoms with van der Waals surface area (Å²) in [6, 6.07) is 27.2. The van der Waals surface area contributed by atoms with Gasteiger partial charge in [0.1, 0.15) is 11.6 Å². The first kappa shape index (κ1) is 20.6. The Kier molecular flexibility index (Phi) is 6.08. The maximum Gasteiger partial charge on any atom is 0.140 e. The summed E-state index contributed by atoms with van der Waals surface area (Å²) in [7, 11) is 2.06. The topological polar surface area (TPSA) is 33.5 Å². The van der Waals surface area contributed by atoms with Crippen molar-refractivity contribution in [3.05, 3.63) is 78.9 Å². The molecule has 32 heavy (non-hydrogen) atoms. The van der Waals surface area contributed by atoms with E-state index in [1.165, 1.54) is 5.69 Å². The Morgan fingerprint density at radius 1 is 0.812 bits per heavy atom. The van der Waals surface area contributed by atoms with Gasteiger partial charge in [0.05, 0.1) is 17.6 Å². The molecule has 0 saturated carbocycles. The number of hydrogen-bond acceptors (Lipinski definition) is 4. The zero-order chi connectivity index (χ0) is 21.8. The van der Waals surface area contributed by atoms with Gasteiger partial charge in [-0.2, -0.15) is 0 Å². The third-order valence-corrected chi connectivity index (χ3v) is 6.28. The second kappa shape index (κ2) is 9.45. The third-order valence-electron chi connectivity index (χ3n) is 6.28. The van der Waals surface area contributed by atoms with Crippen molar-refractivity contribution in [2.45, 2.75) is 6.42 Å². The van der Waals surface area contributed by atoms with Crippen LogP contribution in [0.4, 0.5) is 5.69 Å². The molecule has 2 heterocycles. The van der Waals surface area contributed by atoms with E-state index in [0.717, 1.165) is 73.9 Å². The van der Waals surface area contributed by atoms with Gasteiger partial charge in [0, 0.05) is 51.0 Å². The van der Waals surface area contributed by atoms with Crippen LogP contribution in [0.5, 0.6) is 5.75 Å². The average Bonchev–Trinajstić information content (AvgIpc) is 3.20. The SMILES string of the molecule is Cn1c(-c2ccc(OCCCN3CCN(c4ccccc4)CC3)cc2)nc2ccccc21. The molecule has 0 aliphatic carbocycles. The van der Waals surface area contributed by atoms with Gasteiger partial charge in [-0.05, 0) is 55.0 Å². The number of para-hydroxylation sites is 3. The van der Waals surface area contributed by atoms with E-state index in [1.54, 1.807) is 0 Å². The average molecular weight is 427 g/mol. The van der Waals surface area contributed by atoms with Gasteiger partial charge in [0.15, 0.2) is 0 Å². The number of rotatable bonds is 7. The van der Waals surface area contributed by atoms with Crippen molar-refractivity contribution in [1.29, 1.82) is 0 Å². The predicted octanol–water partition coefficient (Wildman–Crippen LogP) is 4.83. The number of anilines is 1. The van der Waals surface area contributed by atoms with E-state index < -0.39 is 0 Å². The van der Waals surface area contributed by atoms with Gasteiger partial charge < -0.3 is 14.2 Å². The van der Waals surface area contributed by atoms with Crippen molar-refractivity contribution in [3.8, 4) is 17.1 Å². The van der Waals surface area contributed by atoms with E-state index >= 15 is 0 Å². The van der Waals surface area contributed by atoms with Crippen LogP contribution in [0.3, 0.4) is 0 Å². The van der Waals surface area contributed by atoms with Crippen molar-refractivity contribution >= 4 is 16.7 Å². The first-order chi connectivity index (χ1) is 15.8. The number of hydrogen-bond donors (Lipinski definition) is 0. The number of ether oxygens (including phenoxy) is 1. The molecule has 0 radical (unpaired) electrons. The molecular weight excluding hydrogens is 396 g/mol. The summed E-state index contributed by atoms with van der Waals surface area (Å²) in [6.45, 7) is 6.23. The standard InChI is InChI=1S/C27H30N4O/c1-29-26-11-6-5-10-25(26)28-27(29)22-12-14-24(15-13-22)32-21-7-16-30-17-19-31(20-18-30)23-8-3-2-4-9-23/h2-6,8-15H,7,16-21H2,1H3. The van der Waals surface area contributed by atoms with Crippen LogP contribution in [-0.4, -0.2) is 53.8 Å². The molecule has 0 N–H and O–H groups in total. The number of aryl methyl sites for hydroxylation is 1. The lowest BCUT2D eigenvalue weighted by atomic mass is 10.2. The van der Waals surface area contributed by atoms with Crippen LogP contribution in [0.2, 0.25) is 0 Å². The van der Waals surface area contributed by atoms with Crippen LogP contribution >= 0.6 is 0 Å². The highest BCUT2D eigenvalue weighted by Gasteiger charge is 2.16. The Morgan fingerprint density at radius 2 is 1.53 bits per heavy atom. The van der Waals surface area contributed by atoms with Crippen molar-refractivity contribution in [3.63, 3.8) is 0 Å². The van der Waals surface area contributed by atoms with Gasteiger partial charge in [0.25, 0.3) is 0 Å². The zero-order valence-corrected chi connectivity index (χ0v) is 18.7. The molecular formula is C27H30N4O. The molecule has 0 amide bonds. The minimum atomic E-state index is 0.741. The van der Waals surface area contributed by atoms with E-state index in [0.29, 0.717) is 0 Å². The van der Waals surface area contributed by atoms with Gasteiger partial charge >= 0.3 is 0 Å². The lowest BCUT2D eigenvalue weighted by molar-refractivity contribution is 0.225. The lowest BCUT2D eigenvalue weighted by Crippen LogP contribution is -2.46. The molecule has 3 aromatic carbocycles. The normalized spacial score (nSPS) is 14.7. The Labute approximate surface area is 189 Å². The molecule has 0 unspecified atom stereocenters. The summed E-state index contributed by atoms with van der Waals surface area (Å²) < 4.78 is 8.14. The molecule has 1 fully saturated rings. The molecule has 1 aromatic heterocycles. The monoisotopic (exact) mass is 426 g/mol. The minimum absolute atomic E-state index is 0.741. The number of imidazole rings is 1. The molecule has 5 rings (SSSR count). The molecule has 0 bridgehead atoms. The molecule has 1 saturated heterocycles. The summed E-state index contributed by atoms with van der Waals surface area (Å²) in [6.07, 6.45) is 1.04. The second-order valence-corrected chi connectivity index (χ2v) is 8.37. The summed E-state index contributed by atoms with van der Waals surface area (Å²) >= 11 is 0. The number of aromatic nitrogens is 2. The van der Waals surface area contributed by atoms with Gasteiger partial charge in [-0.3, -0.25) is 4.90 Å². The lowest BCUT2D eigenvalue weighted by Gasteiger charge is -2.36. The maximum atomic E-state index is 6.00. The molecule has 5 nitrogen and oxygen atoms in total. The van der Waals surface area contributed by atoms with E-state index in [-0.39, 0.29) is 0 Å². The van der Waals surface area contributed by atoms with Gasteiger partial charge in [-0.1, -0.05) is 30.3 Å². The number of nitrogens with zero attached hydrogens (tertiary/aromatic N) is 4. The zero-order valence-electron chi connectivity index (χ0n) is 18.7. The second-order valence-electron chi connectivity index (χ2n) is 8.37.